The summed E-state index contributed by atoms with van der Waals surface area (Å²) < 4.78 is 28.6. The van der Waals surface area contributed by atoms with E-state index in [1.165, 1.54) is 41.4 Å². The monoisotopic (exact) mass is 451 g/mol. The number of carboxylic acids is 1. The van der Waals surface area contributed by atoms with E-state index < -0.39 is 21.9 Å². The Hall–Kier alpha value is -4.02. The van der Waals surface area contributed by atoms with Gasteiger partial charge in [0.2, 0.25) is 10.0 Å². The zero-order valence-electron chi connectivity index (χ0n) is 16.7. The molecule has 0 saturated carbocycles. The van der Waals surface area contributed by atoms with Gasteiger partial charge in [0.1, 0.15) is 11.5 Å². The SMILES string of the molecule is CC1=NN(c2ccc(S(N)(=O)=O)cc2)C(=O)C1=Cc1ccc(-c2ccc(C(=O)O)cc2)o1. The molecular formula is C22H17N3O6S. The Bertz CT molecular complexity index is 1380. The van der Waals surface area contributed by atoms with Crippen LogP contribution in [0.5, 0.6) is 0 Å². The predicted octanol–water partition coefficient (Wildman–Crippen LogP) is 3.10. The van der Waals surface area contributed by atoms with Crippen LogP contribution in [0.4, 0.5) is 5.69 Å². The fourth-order valence-corrected chi connectivity index (χ4v) is 3.66. The predicted molar refractivity (Wildman–Crippen MR) is 117 cm³/mol. The zero-order valence-corrected chi connectivity index (χ0v) is 17.5. The van der Waals surface area contributed by atoms with E-state index in [2.05, 4.69) is 5.10 Å². The molecule has 2 heterocycles. The molecule has 162 valence electrons. The number of furan rings is 1. The number of amides is 1. The second kappa shape index (κ2) is 7.91. The molecule has 0 spiro atoms. The summed E-state index contributed by atoms with van der Waals surface area (Å²) in [5.41, 5.74) is 2.04. The minimum atomic E-state index is -3.84. The van der Waals surface area contributed by atoms with Crippen LogP contribution in [0, 0.1) is 0 Å². The topological polar surface area (TPSA) is 143 Å². The van der Waals surface area contributed by atoms with Gasteiger partial charge in [-0.05, 0) is 61.5 Å². The van der Waals surface area contributed by atoms with Crippen molar-refractivity contribution in [2.45, 2.75) is 11.8 Å². The molecular weight excluding hydrogens is 434 g/mol. The summed E-state index contributed by atoms with van der Waals surface area (Å²) in [4.78, 5) is 23.8. The van der Waals surface area contributed by atoms with Gasteiger partial charge >= 0.3 is 5.97 Å². The first-order chi connectivity index (χ1) is 15.1. The average molecular weight is 451 g/mol. The van der Waals surface area contributed by atoms with Gasteiger partial charge in [-0.2, -0.15) is 10.1 Å². The molecule has 0 bridgehead atoms. The van der Waals surface area contributed by atoms with E-state index in [1.807, 2.05) is 0 Å². The number of primary sulfonamides is 1. The van der Waals surface area contributed by atoms with Crippen molar-refractivity contribution in [2.24, 2.45) is 10.2 Å². The lowest BCUT2D eigenvalue weighted by Gasteiger charge is -2.11. The van der Waals surface area contributed by atoms with Crippen molar-refractivity contribution in [3.05, 3.63) is 77.6 Å². The molecule has 4 rings (SSSR count). The van der Waals surface area contributed by atoms with Crippen LogP contribution in [-0.4, -0.2) is 31.1 Å². The van der Waals surface area contributed by atoms with Gasteiger partial charge in [0.15, 0.2) is 0 Å². The largest absolute Gasteiger partial charge is 0.478 e. The number of aromatic carboxylic acids is 1. The third kappa shape index (κ3) is 4.09. The van der Waals surface area contributed by atoms with Crippen LogP contribution in [0.25, 0.3) is 17.4 Å². The summed E-state index contributed by atoms with van der Waals surface area (Å²) in [6, 6.07) is 15.2. The lowest BCUT2D eigenvalue weighted by molar-refractivity contribution is -0.114. The first-order valence-electron chi connectivity index (χ1n) is 9.31. The Morgan fingerprint density at radius 3 is 2.31 bits per heavy atom. The molecule has 0 saturated heterocycles. The van der Waals surface area contributed by atoms with Crippen molar-refractivity contribution in [2.75, 3.05) is 5.01 Å². The molecule has 0 radical (unpaired) electrons. The number of hydrazone groups is 1. The minimum absolute atomic E-state index is 0.0659. The highest BCUT2D eigenvalue weighted by Gasteiger charge is 2.29. The highest BCUT2D eigenvalue weighted by Crippen LogP contribution is 2.28. The van der Waals surface area contributed by atoms with Gasteiger partial charge in [-0.15, -0.1) is 0 Å². The van der Waals surface area contributed by atoms with Gasteiger partial charge in [-0.3, -0.25) is 4.79 Å². The van der Waals surface area contributed by atoms with E-state index in [-0.39, 0.29) is 10.5 Å². The Morgan fingerprint density at radius 2 is 1.72 bits per heavy atom. The second-order valence-corrected chi connectivity index (χ2v) is 8.55. The number of nitrogens with zero attached hydrogens (tertiary/aromatic N) is 2. The summed E-state index contributed by atoms with van der Waals surface area (Å²) in [5, 5.41) is 19.5. The van der Waals surface area contributed by atoms with Crippen molar-refractivity contribution in [1.29, 1.82) is 0 Å². The molecule has 3 N–H and O–H groups in total. The first kappa shape index (κ1) is 21.2. The number of benzene rings is 2. The Kier molecular flexibility index (Phi) is 5.25. The summed E-state index contributed by atoms with van der Waals surface area (Å²) >= 11 is 0. The quantitative estimate of drug-likeness (QED) is 0.571. The van der Waals surface area contributed by atoms with E-state index in [1.54, 1.807) is 37.3 Å². The number of carbonyl (C=O) groups is 2. The number of carbonyl (C=O) groups excluding carboxylic acids is 1. The van der Waals surface area contributed by atoms with Crippen LogP contribution >= 0.6 is 0 Å². The van der Waals surface area contributed by atoms with Crippen LogP contribution in [0.15, 0.2) is 80.7 Å². The molecule has 32 heavy (non-hydrogen) atoms. The van der Waals surface area contributed by atoms with Crippen LogP contribution in [-0.2, 0) is 14.8 Å². The smallest absolute Gasteiger partial charge is 0.335 e. The maximum absolute atomic E-state index is 12.9. The molecule has 1 aliphatic heterocycles. The number of anilines is 1. The molecule has 3 aromatic rings. The normalized spacial score (nSPS) is 15.3. The molecule has 1 aliphatic rings. The van der Waals surface area contributed by atoms with Gasteiger partial charge in [-0.25, -0.2) is 18.4 Å². The Morgan fingerprint density at radius 1 is 1.06 bits per heavy atom. The zero-order chi connectivity index (χ0) is 23.0. The third-order valence-corrected chi connectivity index (χ3v) is 5.73. The summed E-state index contributed by atoms with van der Waals surface area (Å²) in [6.07, 6.45) is 1.56. The van der Waals surface area contributed by atoms with Gasteiger partial charge in [0, 0.05) is 5.56 Å². The fourth-order valence-electron chi connectivity index (χ4n) is 3.14. The molecule has 0 unspecified atom stereocenters. The van der Waals surface area contributed by atoms with E-state index in [0.29, 0.717) is 34.1 Å². The van der Waals surface area contributed by atoms with Crippen LogP contribution in [0.3, 0.4) is 0 Å². The third-order valence-electron chi connectivity index (χ3n) is 4.80. The van der Waals surface area contributed by atoms with E-state index >= 15 is 0 Å². The van der Waals surface area contributed by atoms with Crippen molar-refractivity contribution in [1.82, 2.24) is 0 Å². The van der Waals surface area contributed by atoms with E-state index in [0.717, 1.165) is 0 Å². The summed E-state index contributed by atoms with van der Waals surface area (Å²) in [6.45, 7) is 1.68. The average Bonchev–Trinajstić information content (AvgIpc) is 3.33. The van der Waals surface area contributed by atoms with Gasteiger partial charge in [0.05, 0.1) is 27.4 Å². The van der Waals surface area contributed by atoms with E-state index in [9.17, 15) is 18.0 Å². The Balaban J connectivity index is 1.57. The second-order valence-electron chi connectivity index (χ2n) is 6.98. The number of carboxylic acid groups (broad SMARTS) is 1. The standard InChI is InChI=1S/C22H17N3O6S/c1-13-19(21(26)25(24-13)16-6-9-18(10-7-16)32(23,29)30)12-17-8-11-20(31-17)14-2-4-15(5-3-14)22(27)28/h2-12H,1H3,(H,27,28)(H2,23,29,30). The highest BCUT2D eigenvalue weighted by atomic mass is 32.2. The maximum atomic E-state index is 12.9. The van der Waals surface area contributed by atoms with Crippen molar-refractivity contribution < 1.29 is 27.5 Å². The summed E-state index contributed by atoms with van der Waals surface area (Å²) in [7, 11) is -3.84. The van der Waals surface area contributed by atoms with Crippen LogP contribution in [0.1, 0.15) is 23.0 Å². The molecule has 2 aromatic carbocycles. The molecule has 1 amide bonds. The lowest BCUT2D eigenvalue weighted by atomic mass is 10.1. The fraction of sp³-hybridized carbons (Fsp3) is 0.0455. The van der Waals surface area contributed by atoms with Crippen LogP contribution < -0.4 is 10.1 Å². The molecule has 0 atom stereocenters. The van der Waals surface area contributed by atoms with Gasteiger partial charge in [-0.1, -0.05) is 12.1 Å². The van der Waals surface area contributed by atoms with Crippen LogP contribution in [0.2, 0.25) is 0 Å². The van der Waals surface area contributed by atoms with Crippen molar-refractivity contribution >= 4 is 39.4 Å². The summed E-state index contributed by atoms with van der Waals surface area (Å²) in [5.74, 6) is -0.467. The van der Waals surface area contributed by atoms with Crippen molar-refractivity contribution in [3.63, 3.8) is 0 Å². The Labute approximate surface area is 183 Å². The molecule has 0 aliphatic carbocycles. The minimum Gasteiger partial charge on any atom is -0.478 e. The number of rotatable bonds is 5. The highest BCUT2D eigenvalue weighted by molar-refractivity contribution is 7.89. The lowest BCUT2D eigenvalue weighted by Crippen LogP contribution is -2.21. The van der Waals surface area contributed by atoms with Gasteiger partial charge < -0.3 is 9.52 Å². The van der Waals surface area contributed by atoms with E-state index in [4.69, 9.17) is 14.7 Å². The molecule has 0 fully saturated rings. The molecule has 10 heteroatoms. The number of sulfonamides is 1. The number of hydrogen-bond donors (Lipinski definition) is 2. The number of nitrogens with two attached hydrogens (primary N) is 1. The molecule has 1 aromatic heterocycles. The van der Waals surface area contributed by atoms with Gasteiger partial charge in [0.25, 0.3) is 5.91 Å². The first-order valence-corrected chi connectivity index (χ1v) is 10.9. The number of hydrogen-bond acceptors (Lipinski definition) is 6. The maximum Gasteiger partial charge on any atom is 0.335 e. The molecule has 9 nitrogen and oxygen atoms in total. The van der Waals surface area contributed by atoms with Crippen molar-refractivity contribution in [3.8, 4) is 11.3 Å².